The van der Waals surface area contributed by atoms with Crippen molar-refractivity contribution < 1.29 is 31.5 Å². The summed E-state index contributed by atoms with van der Waals surface area (Å²) in [4.78, 5) is 0.0185. The highest BCUT2D eigenvalue weighted by Crippen LogP contribution is 2.18. The average Bonchev–Trinajstić information content (AvgIpc) is 2.86. The molecule has 0 N–H and O–H groups in total. The zero-order valence-corrected chi connectivity index (χ0v) is 20.6. The maximum absolute atomic E-state index is 12.6. The van der Waals surface area contributed by atoms with Gasteiger partial charge >= 0.3 is 0 Å². The van der Waals surface area contributed by atoms with Crippen LogP contribution in [0.4, 0.5) is 0 Å². The predicted octanol–water partition coefficient (Wildman–Crippen LogP) is 4.86. The van der Waals surface area contributed by atoms with Crippen LogP contribution in [0, 0.1) is 0 Å². The Morgan fingerprint density at radius 1 is 0.735 bits per heavy atom. The number of hydrogen-bond acceptors (Lipinski definition) is 7. The van der Waals surface area contributed by atoms with Gasteiger partial charge in [-0.15, -0.1) is 0 Å². The molecular weight excluding hydrogens is 480 g/mol. The maximum atomic E-state index is 12.6. The lowest BCUT2D eigenvalue weighted by Crippen LogP contribution is -2.27. The van der Waals surface area contributed by atoms with Gasteiger partial charge in [-0.05, 0) is 59.7 Å². The molecule has 0 spiro atoms. The summed E-state index contributed by atoms with van der Waals surface area (Å²) in [6.45, 7) is 0.517. The van der Waals surface area contributed by atoms with E-state index in [1.165, 1.54) is 24.3 Å². The molecule has 3 rings (SSSR count). The molecule has 3 aromatic rings. The van der Waals surface area contributed by atoms with Gasteiger partial charge in [0.15, 0.2) is 0 Å². The molecule has 9 heteroatoms. The van der Waals surface area contributed by atoms with Crippen LogP contribution in [0.1, 0.15) is 11.1 Å². The van der Waals surface area contributed by atoms with Gasteiger partial charge in [0.05, 0.1) is 45.5 Å². The number of benzene rings is 3. The highest BCUT2D eigenvalue weighted by Gasteiger charge is 2.20. The maximum Gasteiger partial charge on any atom is 0.297 e. The van der Waals surface area contributed by atoms with Crippen LogP contribution in [0.15, 0.2) is 77.7 Å². The number of hydrogen-bond donors (Lipinski definition) is 0. The molecule has 34 heavy (non-hydrogen) atoms. The van der Waals surface area contributed by atoms with Crippen LogP contribution in [0.5, 0.6) is 11.5 Å². The number of halogens is 1. The fraction of sp³-hybridized carbons (Fsp3) is 0.280. The first-order valence-electron chi connectivity index (χ1n) is 10.5. The summed E-state index contributed by atoms with van der Waals surface area (Å²) < 4.78 is 52.4. The Kier molecular flexibility index (Phi) is 9.74. The summed E-state index contributed by atoms with van der Waals surface area (Å²) >= 11 is 5.85. The Balaban J connectivity index is 1.61. The first-order valence-corrected chi connectivity index (χ1v) is 12.3. The standard InChI is InChI=1S/C25H27ClO7S/c1-29-22-9-3-19(4-10-22)15-31-17-24(32-16-20-5-11-23(30-2)12-6-20)18-33-34(27,28)25-13-7-21(26)8-14-25/h3-14,24H,15-18H2,1-2H3/t24-/m1/s1. The van der Waals surface area contributed by atoms with Crippen molar-refractivity contribution in [1.82, 2.24) is 0 Å². The van der Waals surface area contributed by atoms with E-state index in [0.29, 0.717) is 11.6 Å². The van der Waals surface area contributed by atoms with Crippen molar-refractivity contribution in [2.75, 3.05) is 27.4 Å². The summed E-state index contributed by atoms with van der Waals surface area (Å²) in [6.07, 6.45) is -0.623. The molecule has 1 atom stereocenters. The Hall–Kier alpha value is -2.62. The minimum Gasteiger partial charge on any atom is -0.497 e. The van der Waals surface area contributed by atoms with E-state index in [1.807, 2.05) is 48.5 Å². The molecule has 0 fully saturated rings. The summed E-state index contributed by atoms with van der Waals surface area (Å²) in [5.41, 5.74) is 1.85. The Labute approximate surface area is 205 Å². The van der Waals surface area contributed by atoms with Crippen LogP contribution < -0.4 is 9.47 Å². The third-order valence-electron chi connectivity index (χ3n) is 4.89. The van der Waals surface area contributed by atoms with E-state index in [2.05, 4.69) is 0 Å². The zero-order valence-electron chi connectivity index (χ0n) is 19.0. The molecule has 182 valence electrons. The van der Waals surface area contributed by atoms with Gasteiger partial charge in [0.25, 0.3) is 10.1 Å². The Morgan fingerprint density at radius 3 is 1.79 bits per heavy atom. The van der Waals surface area contributed by atoms with Crippen molar-refractivity contribution >= 4 is 21.7 Å². The molecule has 0 saturated heterocycles. The second kappa shape index (κ2) is 12.7. The zero-order chi connectivity index (χ0) is 24.4. The van der Waals surface area contributed by atoms with Gasteiger partial charge in [0, 0.05) is 5.02 Å². The topological polar surface area (TPSA) is 80.3 Å². The predicted molar refractivity (Wildman–Crippen MR) is 129 cm³/mol. The molecule has 0 radical (unpaired) electrons. The van der Waals surface area contributed by atoms with Crippen LogP contribution in [-0.2, 0) is 37.0 Å². The first kappa shape index (κ1) is 26.0. The quantitative estimate of drug-likeness (QED) is 0.306. The van der Waals surface area contributed by atoms with E-state index in [1.54, 1.807) is 14.2 Å². The van der Waals surface area contributed by atoms with E-state index < -0.39 is 16.2 Å². The summed E-state index contributed by atoms with van der Waals surface area (Å²) in [7, 11) is -0.771. The lowest BCUT2D eigenvalue weighted by molar-refractivity contribution is -0.0480. The van der Waals surface area contributed by atoms with Crippen molar-refractivity contribution in [3.8, 4) is 11.5 Å². The highest BCUT2D eigenvalue weighted by molar-refractivity contribution is 7.86. The molecule has 0 saturated carbocycles. The van der Waals surface area contributed by atoms with E-state index >= 15 is 0 Å². The fourth-order valence-corrected chi connectivity index (χ4v) is 4.01. The van der Waals surface area contributed by atoms with E-state index in [0.717, 1.165) is 22.6 Å². The second-order valence-electron chi connectivity index (χ2n) is 7.34. The largest absolute Gasteiger partial charge is 0.497 e. The van der Waals surface area contributed by atoms with Gasteiger partial charge in [-0.2, -0.15) is 8.42 Å². The SMILES string of the molecule is COc1ccc(COC[C@H](COS(=O)(=O)c2ccc(Cl)cc2)OCc2ccc(OC)cc2)cc1. The van der Waals surface area contributed by atoms with Crippen molar-refractivity contribution in [2.24, 2.45) is 0 Å². The lowest BCUT2D eigenvalue weighted by atomic mass is 10.2. The van der Waals surface area contributed by atoms with Crippen molar-refractivity contribution in [1.29, 1.82) is 0 Å². The van der Waals surface area contributed by atoms with Crippen LogP contribution in [0.25, 0.3) is 0 Å². The minimum atomic E-state index is -3.97. The molecule has 0 heterocycles. The number of ether oxygens (including phenoxy) is 4. The molecule has 3 aromatic carbocycles. The number of methoxy groups -OCH3 is 2. The highest BCUT2D eigenvalue weighted by atomic mass is 35.5. The van der Waals surface area contributed by atoms with Gasteiger partial charge in [0.2, 0.25) is 0 Å². The van der Waals surface area contributed by atoms with Crippen molar-refractivity contribution in [2.45, 2.75) is 24.2 Å². The van der Waals surface area contributed by atoms with E-state index in [4.69, 9.17) is 34.7 Å². The van der Waals surface area contributed by atoms with Crippen molar-refractivity contribution in [3.63, 3.8) is 0 Å². The summed E-state index contributed by atoms with van der Waals surface area (Å²) in [6, 6.07) is 20.7. The van der Waals surface area contributed by atoms with Gasteiger partial charge in [-0.1, -0.05) is 35.9 Å². The molecule has 0 aromatic heterocycles. The van der Waals surface area contributed by atoms with Crippen LogP contribution in [0.3, 0.4) is 0 Å². The minimum absolute atomic E-state index is 0.0185. The smallest absolute Gasteiger partial charge is 0.297 e. The van der Waals surface area contributed by atoms with Gasteiger partial charge in [-0.25, -0.2) is 0 Å². The molecule has 0 unspecified atom stereocenters. The lowest BCUT2D eigenvalue weighted by Gasteiger charge is -2.18. The molecule has 0 bridgehead atoms. The van der Waals surface area contributed by atoms with Crippen molar-refractivity contribution in [3.05, 3.63) is 88.9 Å². The average molecular weight is 507 g/mol. The third-order valence-corrected chi connectivity index (χ3v) is 6.44. The Morgan fingerprint density at radius 2 is 1.26 bits per heavy atom. The summed E-state index contributed by atoms with van der Waals surface area (Å²) in [5.74, 6) is 1.49. The van der Waals surface area contributed by atoms with Gasteiger partial charge in [-0.3, -0.25) is 4.18 Å². The van der Waals surface area contributed by atoms with E-state index in [-0.39, 0.29) is 24.7 Å². The second-order valence-corrected chi connectivity index (χ2v) is 9.39. The molecule has 0 aliphatic heterocycles. The third kappa shape index (κ3) is 8.00. The van der Waals surface area contributed by atoms with Crippen LogP contribution in [0.2, 0.25) is 5.02 Å². The number of rotatable bonds is 13. The molecule has 0 aliphatic rings. The van der Waals surface area contributed by atoms with Gasteiger partial charge < -0.3 is 18.9 Å². The summed E-state index contributed by atoms with van der Waals surface area (Å²) in [5, 5.41) is 0.437. The van der Waals surface area contributed by atoms with E-state index in [9.17, 15) is 8.42 Å². The monoisotopic (exact) mass is 506 g/mol. The normalized spacial score (nSPS) is 12.3. The molecule has 0 aliphatic carbocycles. The van der Waals surface area contributed by atoms with Crippen LogP contribution in [-0.4, -0.2) is 42.0 Å². The van der Waals surface area contributed by atoms with Gasteiger partial charge in [0.1, 0.15) is 17.6 Å². The molecular formula is C25H27ClO7S. The molecule has 7 nitrogen and oxygen atoms in total. The molecule has 0 amide bonds. The Bertz CT molecular complexity index is 1120. The first-order chi connectivity index (χ1) is 16.4. The fourth-order valence-electron chi connectivity index (χ4n) is 2.94. The van der Waals surface area contributed by atoms with Crippen LogP contribution >= 0.6 is 11.6 Å².